The van der Waals surface area contributed by atoms with E-state index in [4.69, 9.17) is 4.74 Å². The largest absolute Gasteiger partial charge is 0.375 e. The molecule has 104 valence electrons. The Morgan fingerprint density at radius 2 is 1.90 bits per heavy atom. The van der Waals surface area contributed by atoms with Crippen LogP contribution in [-0.2, 0) is 11.3 Å². The number of nitrogens with one attached hydrogen (secondary N) is 1. The topological polar surface area (TPSA) is 21.3 Å². The van der Waals surface area contributed by atoms with Crippen molar-refractivity contribution in [2.45, 2.75) is 25.6 Å². The maximum Gasteiger partial charge on any atom is 0.123 e. The van der Waals surface area contributed by atoms with Crippen LogP contribution in [0.1, 0.15) is 35.7 Å². The summed E-state index contributed by atoms with van der Waals surface area (Å²) in [5.41, 5.74) is 3.62. The van der Waals surface area contributed by atoms with Crippen molar-refractivity contribution in [3.63, 3.8) is 0 Å². The van der Waals surface area contributed by atoms with E-state index in [1.807, 2.05) is 18.2 Å². The molecule has 2 aromatic rings. The van der Waals surface area contributed by atoms with E-state index in [-0.39, 0.29) is 17.9 Å². The lowest BCUT2D eigenvalue weighted by molar-refractivity contribution is 0.0791. The molecule has 0 bridgehead atoms. The van der Waals surface area contributed by atoms with E-state index >= 15 is 0 Å². The molecule has 0 saturated carbocycles. The summed E-state index contributed by atoms with van der Waals surface area (Å²) in [4.78, 5) is 0. The van der Waals surface area contributed by atoms with Crippen LogP contribution >= 0.6 is 0 Å². The first-order valence-electron chi connectivity index (χ1n) is 6.91. The van der Waals surface area contributed by atoms with Gasteiger partial charge in [-0.1, -0.05) is 36.4 Å². The third-order valence-electron chi connectivity index (χ3n) is 3.79. The minimum atomic E-state index is -0.202. The summed E-state index contributed by atoms with van der Waals surface area (Å²) in [5.74, 6) is -0.202. The van der Waals surface area contributed by atoms with Gasteiger partial charge in [-0.2, -0.15) is 0 Å². The predicted octanol–water partition coefficient (Wildman–Crippen LogP) is 3.75. The maximum absolute atomic E-state index is 13.0. The predicted molar refractivity (Wildman–Crippen MR) is 76.8 cm³/mol. The van der Waals surface area contributed by atoms with Gasteiger partial charge >= 0.3 is 0 Å². The van der Waals surface area contributed by atoms with Crippen molar-refractivity contribution in [3.8, 4) is 0 Å². The second-order valence-electron chi connectivity index (χ2n) is 5.21. The highest BCUT2D eigenvalue weighted by Gasteiger charge is 2.21. The van der Waals surface area contributed by atoms with Gasteiger partial charge < -0.3 is 10.1 Å². The number of fused-ring (bicyclic) bond motifs is 1. The molecule has 1 aliphatic heterocycles. The molecule has 0 spiro atoms. The molecule has 1 unspecified atom stereocenters. The first-order valence-corrected chi connectivity index (χ1v) is 6.91. The molecule has 0 amide bonds. The van der Waals surface area contributed by atoms with Crippen molar-refractivity contribution in [2.75, 3.05) is 6.61 Å². The van der Waals surface area contributed by atoms with Gasteiger partial charge in [0, 0.05) is 6.04 Å². The van der Waals surface area contributed by atoms with Gasteiger partial charge in [0.2, 0.25) is 0 Å². The Morgan fingerprint density at radius 3 is 2.70 bits per heavy atom. The lowest BCUT2D eigenvalue weighted by atomic mass is 9.97. The maximum atomic E-state index is 13.0. The summed E-state index contributed by atoms with van der Waals surface area (Å²) < 4.78 is 18.6. The zero-order valence-corrected chi connectivity index (χ0v) is 11.5. The summed E-state index contributed by atoms with van der Waals surface area (Å²) in [7, 11) is 0. The van der Waals surface area contributed by atoms with Gasteiger partial charge in [-0.25, -0.2) is 4.39 Å². The Kier molecular flexibility index (Phi) is 3.81. The van der Waals surface area contributed by atoms with Crippen LogP contribution in [0, 0.1) is 5.82 Å². The second-order valence-corrected chi connectivity index (χ2v) is 5.21. The molecule has 1 heterocycles. The molecule has 1 N–H and O–H groups in total. The van der Waals surface area contributed by atoms with Crippen LogP contribution in [0.4, 0.5) is 4.39 Å². The average Bonchev–Trinajstić information content (AvgIpc) is 2.48. The molecular formula is C17H18FNO. The second kappa shape index (κ2) is 5.73. The molecule has 3 rings (SSSR count). The molecule has 20 heavy (non-hydrogen) atoms. The number of halogens is 1. The fraction of sp³-hybridized carbons (Fsp3) is 0.294. The molecular weight excluding hydrogens is 253 g/mol. The van der Waals surface area contributed by atoms with E-state index in [2.05, 4.69) is 30.4 Å². The van der Waals surface area contributed by atoms with E-state index in [9.17, 15) is 4.39 Å². The van der Waals surface area contributed by atoms with Crippen molar-refractivity contribution in [1.29, 1.82) is 0 Å². The number of benzene rings is 2. The quantitative estimate of drug-likeness (QED) is 0.918. The first-order chi connectivity index (χ1) is 9.74. The molecule has 0 aromatic heterocycles. The van der Waals surface area contributed by atoms with Crippen LogP contribution in [0.5, 0.6) is 0 Å². The van der Waals surface area contributed by atoms with E-state index in [0.29, 0.717) is 13.2 Å². The normalized spacial score (nSPS) is 19.4. The third kappa shape index (κ3) is 2.74. The van der Waals surface area contributed by atoms with Crippen LogP contribution in [0.15, 0.2) is 48.5 Å². The van der Waals surface area contributed by atoms with Crippen molar-refractivity contribution in [1.82, 2.24) is 5.32 Å². The number of hydrogen-bond donors (Lipinski definition) is 1. The molecule has 2 atom stereocenters. The molecule has 0 saturated heterocycles. The highest BCUT2D eigenvalue weighted by molar-refractivity contribution is 5.31. The molecule has 0 radical (unpaired) electrons. The van der Waals surface area contributed by atoms with E-state index in [1.54, 1.807) is 0 Å². The van der Waals surface area contributed by atoms with Gasteiger partial charge in [-0.05, 0) is 35.7 Å². The van der Waals surface area contributed by atoms with E-state index < -0.39 is 0 Å². The third-order valence-corrected chi connectivity index (χ3v) is 3.79. The fourth-order valence-electron chi connectivity index (χ4n) is 2.67. The SMILES string of the molecule is C[C@H](NC1COCc2ccccc21)c1ccc(F)cc1. The Hall–Kier alpha value is -1.71. The van der Waals surface area contributed by atoms with Crippen molar-refractivity contribution < 1.29 is 9.13 Å². The Labute approximate surface area is 118 Å². The van der Waals surface area contributed by atoms with Crippen LogP contribution in [0.3, 0.4) is 0 Å². The van der Waals surface area contributed by atoms with Crippen molar-refractivity contribution in [3.05, 3.63) is 71.0 Å². The summed E-state index contributed by atoms with van der Waals surface area (Å²) in [5, 5.41) is 3.56. The van der Waals surface area contributed by atoms with Crippen molar-refractivity contribution in [2.24, 2.45) is 0 Å². The van der Waals surface area contributed by atoms with E-state index in [0.717, 1.165) is 5.56 Å². The van der Waals surface area contributed by atoms with Crippen LogP contribution in [-0.4, -0.2) is 6.61 Å². The minimum absolute atomic E-state index is 0.148. The molecule has 2 aromatic carbocycles. The minimum Gasteiger partial charge on any atom is -0.375 e. The van der Waals surface area contributed by atoms with Crippen LogP contribution < -0.4 is 5.32 Å². The molecule has 1 aliphatic rings. The van der Waals surface area contributed by atoms with Gasteiger partial charge in [0.25, 0.3) is 0 Å². The lowest BCUT2D eigenvalue weighted by Gasteiger charge is -2.29. The standard InChI is InChI=1S/C17H18FNO/c1-12(13-6-8-15(18)9-7-13)19-17-11-20-10-14-4-2-3-5-16(14)17/h2-9,12,17,19H,10-11H2,1H3/t12-,17?/m0/s1. The van der Waals surface area contributed by atoms with Gasteiger partial charge in [0.15, 0.2) is 0 Å². The molecule has 2 nitrogen and oxygen atoms in total. The Balaban J connectivity index is 1.77. The fourth-order valence-corrected chi connectivity index (χ4v) is 2.67. The Bertz CT molecular complexity index is 582. The summed E-state index contributed by atoms with van der Waals surface area (Å²) in [6.45, 7) is 3.44. The Morgan fingerprint density at radius 1 is 1.15 bits per heavy atom. The van der Waals surface area contributed by atoms with E-state index in [1.165, 1.54) is 23.3 Å². The molecule has 3 heteroatoms. The van der Waals surface area contributed by atoms with Gasteiger partial charge in [-0.3, -0.25) is 0 Å². The zero-order valence-electron chi connectivity index (χ0n) is 11.5. The average molecular weight is 271 g/mol. The van der Waals surface area contributed by atoms with Crippen LogP contribution in [0.25, 0.3) is 0 Å². The van der Waals surface area contributed by atoms with Crippen LogP contribution in [0.2, 0.25) is 0 Å². The number of hydrogen-bond acceptors (Lipinski definition) is 2. The lowest BCUT2D eigenvalue weighted by Crippen LogP contribution is -2.31. The smallest absolute Gasteiger partial charge is 0.123 e. The highest BCUT2D eigenvalue weighted by atomic mass is 19.1. The number of ether oxygens (including phenoxy) is 1. The summed E-state index contributed by atoms with van der Waals surface area (Å²) in [6, 6.07) is 15.3. The molecule has 0 fully saturated rings. The first kappa shape index (κ1) is 13.3. The highest BCUT2D eigenvalue weighted by Crippen LogP contribution is 2.27. The van der Waals surface area contributed by atoms with Gasteiger partial charge in [-0.15, -0.1) is 0 Å². The molecule has 0 aliphatic carbocycles. The monoisotopic (exact) mass is 271 g/mol. The summed E-state index contributed by atoms with van der Waals surface area (Å²) >= 11 is 0. The number of rotatable bonds is 3. The van der Waals surface area contributed by atoms with Gasteiger partial charge in [0.05, 0.1) is 19.3 Å². The summed E-state index contributed by atoms with van der Waals surface area (Å²) in [6.07, 6.45) is 0. The van der Waals surface area contributed by atoms with Gasteiger partial charge in [0.1, 0.15) is 5.82 Å². The van der Waals surface area contributed by atoms with Crippen molar-refractivity contribution >= 4 is 0 Å². The zero-order chi connectivity index (χ0) is 13.9.